The highest BCUT2D eigenvalue weighted by Crippen LogP contribution is 2.55. The minimum absolute atomic E-state index is 0.157. The quantitative estimate of drug-likeness (QED) is 0.676. The van der Waals surface area contributed by atoms with Crippen LogP contribution in [0.2, 0.25) is 0 Å². The lowest BCUT2D eigenvalue weighted by Crippen LogP contribution is -2.47. The van der Waals surface area contributed by atoms with E-state index in [0.29, 0.717) is 12.3 Å². The molecule has 0 spiro atoms. The smallest absolute Gasteiger partial charge is 0.309 e. The maximum atomic E-state index is 12.3. The number of fused-ring (bicyclic) bond motifs is 2. The van der Waals surface area contributed by atoms with Gasteiger partial charge in [0.25, 0.3) is 0 Å². The van der Waals surface area contributed by atoms with Gasteiger partial charge in [-0.05, 0) is 31.6 Å². The number of esters is 1. The molecule has 0 aromatic rings. The van der Waals surface area contributed by atoms with Gasteiger partial charge in [0.2, 0.25) is 0 Å². The Morgan fingerprint density at radius 1 is 1.32 bits per heavy atom. The summed E-state index contributed by atoms with van der Waals surface area (Å²) in [5.41, 5.74) is -0.693. The molecule has 2 aliphatic carbocycles. The molecule has 0 unspecified atom stereocenters. The van der Waals surface area contributed by atoms with Crippen molar-refractivity contribution < 1.29 is 19.4 Å². The molecule has 0 aromatic heterocycles. The van der Waals surface area contributed by atoms with Crippen LogP contribution in [0, 0.1) is 29.1 Å². The number of carbonyl (C=O) groups is 2. The molecule has 1 saturated heterocycles. The molecule has 4 heteroatoms. The largest absolute Gasteiger partial charge is 0.462 e. The highest BCUT2D eigenvalue weighted by atomic mass is 16.6. The molecule has 0 amide bonds. The lowest BCUT2D eigenvalue weighted by atomic mass is 9.67. The van der Waals surface area contributed by atoms with Crippen molar-refractivity contribution in [3.63, 3.8) is 0 Å². The van der Waals surface area contributed by atoms with Crippen molar-refractivity contribution in [2.75, 3.05) is 0 Å². The minimum atomic E-state index is -0.760. The van der Waals surface area contributed by atoms with Gasteiger partial charge in [-0.1, -0.05) is 13.8 Å². The molecular formula is C15H22O4. The van der Waals surface area contributed by atoms with Crippen molar-refractivity contribution in [1.29, 1.82) is 0 Å². The maximum absolute atomic E-state index is 12.3. The zero-order valence-electron chi connectivity index (χ0n) is 11.8. The van der Waals surface area contributed by atoms with Crippen molar-refractivity contribution >= 4 is 11.8 Å². The fourth-order valence-corrected chi connectivity index (χ4v) is 4.75. The van der Waals surface area contributed by atoms with Crippen LogP contribution in [0.25, 0.3) is 0 Å². The number of rotatable bonds is 0. The Bertz CT molecular complexity index is 432. The summed E-state index contributed by atoms with van der Waals surface area (Å²) < 4.78 is 5.43. The zero-order valence-corrected chi connectivity index (χ0v) is 11.8. The summed E-state index contributed by atoms with van der Waals surface area (Å²) in [6, 6.07) is 0. The third-order valence-electron chi connectivity index (χ3n) is 5.97. The van der Waals surface area contributed by atoms with Gasteiger partial charge in [0.15, 0.2) is 0 Å². The first kappa shape index (κ1) is 13.1. The van der Waals surface area contributed by atoms with Crippen molar-refractivity contribution in [2.45, 2.75) is 52.2 Å². The average molecular weight is 266 g/mol. The lowest BCUT2D eigenvalue weighted by molar-refractivity contribution is -0.145. The number of Topliss-reactive ketones (excluding diaryl/α,β-unsaturated/α-hetero) is 1. The fourth-order valence-electron chi connectivity index (χ4n) is 4.75. The number of ketones is 1. The first-order valence-electron chi connectivity index (χ1n) is 7.29. The summed E-state index contributed by atoms with van der Waals surface area (Å²) in [6.45, 7) is 5.82. The topological polar surface area (TPSA) is 63.6 Å². The number of hydrogen-bond acceptors (Lipinski definition) is 4. The summed E-state index contributed by atoms with van der Waals surface area (Å²) >= 11 is 0. The molecule has 1 heterocycles. The predicted molar refractivity (Wildman–Crippen MR) is 68.2 cm³/mol. The normalized spacial score (nSPS) is 53.5. The second-order valence-corrected chi connectivity index (χ2v) is 6.85. The number of hydrogen-bond donors (Lipinski definition) is 1. The van der Waals surface area contributed by atoms with Gasteiger partial charge in [-0.2, -0.15) is 0 Å². The summed E-state index contributed by atoms with van der Waals surface area (Å²) in [5, 5.41) is 10.8. The first-order chi connectivity index (χ1) is 8.87. The SMILES string of the molecule is C[C@@H]1C[C@@H]2OC(=O)[C@H](C)[C@@H]2[C@H](O)[C@@]2(C)C(=O)CC[C@@H]12. The van der Waals surface area contributed by atoms with Gasteiger partial charge in [-0.25, -0.2) is 0 Å². The molecule has 106 valence electrons. The van der Waals surface area contributed by atoms with Crippen LogP contribution in [-0.4, -0.2) is 29.1 Å². The van der Waals surface area contributed by atoms with E-state index in [0.717, 1.165) is 12.8 Å². The summed E-state index contributed by atoms with van der Waals surface area (Å²) in [5.74, 6) is -0.0910. The van der Waals surface area contributed by atoms with E-state index in [9.17, 15) is 14.7 Å². The fraction of sp³-hybridized carbons (Fsp3) is 0.867. The summed E-state index contributed by atoms with van der Waals surface area (Å²) in [6.07, 6.45) is 1.20. The highest BCUT2D eigenvalue weighted by molar-refractivity contribution is 5.88. The Hall–Kier alpha value is -0.900. The van der Waals surface area contributed by atoms with Crippen LogP contribution < -0.4 is 0 Å². The Kier molecular flexibility index (Phi) is 2.79. The maximum Gasteiger partial charge on any atom is 0.309 e. The van der Waals surface area contributed by atoms with Gasteiger partial charge in [0.1, 0.15) is 11.9 Å². The molecule has 7 atom stereocenters. The summed E-state index contributed by atoms with van der Waals surface area (Å²) in [7, 11) is 0. The number of aliphatic hydroxyl groups is 1. The van der Waals surface area contributed by atoms with Gasteiger partial charge in [0.05, 0.1) is 17.4 Å². The average Bonchev–Trinajstić information content (AvgIpc) is 2.77. The van der Waals surface area contributed by atoms with Crippen molar-refractivity contribution in [3.05, 3.63) is 0 Å². The van der Waals surface area contributed by atoms with Gasteiger partial charge < -0.3 is 9.84 Å². The van der Waals surface area contributed by atoms with Crippen LogP contribution in [0.5, 0.6) is 0 Å². The van der Waals surface area contributed by atoms with Gasteiger partial charge >= 0.3 is 5.97 Å². The second-order valence-electron chi connectivity index (χ2n) is 6.85. The molecule has 1 N–H and O–H groups in total. The third kappa shape index (κ3) is 1.55. The van der Waals surface area contributed by atoms with E-state index >= 15 is 0 Å². The van der Waals surface area contributed by atoms with Crippen molar-refractivity contribution in [3.8, 4) is 0 Å². The first-order valence-corrected chi connectivity index (χ1v) is 7.29. The second kappa shape index (κ2) is 4.05. The monoisotopic (exact) mass is 266 g/mol. The lowest BCUT2D eigenvalue weighted by Gasteiger charge is -2.37. The molecule has 19 heavy (non-hydrogen) atoms. The van der Waals surface area contributed by atoms with Crippen LogP contribution >= 0.6 is 0 Å². The Morgan fingerprint density at radius 2 is 2.00 bits per heavy atom. The molecule has 3 aliphatic rings. The molecule has 1 aliphatic heterocycles. The van der Waals surface area contributed by atoms with Gasteiger partial charge in [-0.3, -0.25) is 9.59 Å². The number of ether oxygens (including phenoxy) is 1. The van der Waals surface area contributed by atoms with Gasteiger partial charge in [0, 0.05) is 12.3 Å². The van der Waals surface area contributed by atoms with E-state index in [2.05, 4.69) is 6.92 Å². The van der Waals surface area contributed by atoms with Crippen molar-refractivity contribution in [1.82, 2.24) is 0 Å². The number of aliphatic hydroxyl groups excluding tert-OH is 1. The highest BCUT2D eigenvalue weighted by Gasteiger charge is 2.61. The molecular weight excluding hydrogens is 244 g/mol. The summed E-state index contributed by atoms with van der Waals surface area (Å²) in [4.78, 5) is 24.1. The molecule has 0 radical (unpaired) electrons. The van der Waals surface area contributed by atoms with Crippen LogP contribution in [-0.2, 0) is 14.3 Å². The van der Waals surface area contributed by atoms with Crippen LogP contribution in [0.3, 0.4) is 0 Å². The molecule has 3 rings (SSSR count). The molecule has 0 bridgehead atoms. The zero-order chi connectivity index (χ0) is 13.9. The van der Waals surface area contributed by atoms with Crippen LogP contribution in [0.15, 0.2) is 0 Å². The predicted octanol–water partition coefficient (Wildman–Crippen LogP) is 1.55. The van der Waals surface area contributed by atoms with E-state index in [4.69, 9.17) is 4.74 Å². The van der Waals surface area contributed by atoms with Crippen LogP contribution in [0.1, 0.15) is 40.0 Å². The van der Waals surface area contributed by atoms with Crippen LogP contribution in [0.4, 0.5) is 0 Å². The molecule has 3 fully saturated rings. The minimum Gasteiger partial charge on any atom is -0.462 e. The van der Waals surface area contributed by atoms with E-state index in [1.54, 1.807) is 0 Å². The number of carbonyl (C=O) groups excluding carboxylic acids is 2. The molecule has 0 aromatic carbocycles. The standard InChI is InChI=1S/C15H22O4/c1-7-6-10-12(8(2)14(18)19-10)13(17)15(3)9(7)4-5-11(15)16/h7-10,12-13,17H,4-6H2,1-3H3/t7-,8-,9+,10+,12+,13+,15-/m1/s1. The Morgan fingerprint density at radius 3 is 2.68 bits per heavy atom. The van der Waals surface area contributed by atoms with E-state index in [1.165, 1.54) is 0 Å². The third-order valence-corrected chi connectivity index (χ3v) is 5.97. The molecule has 2 saturated carbocycles. The van der Waals surface area contributed by atoms with E-state index in [1.807, 2.05) is 13.8 Å². The van der Waals surface area contributed by atoms with Crippen molar-refractivity contribution in [2.24, 2.45) is 29.1 Å². The Balaban J connectivity index is 2.04. The van der Waals surface area contributed by atoms with E-state index < -0.39 is 11.5 Å². The Labute approximate surface area is 113 Å². The van der Waals surface area contributed by atoms with E-state index in [-0.39, 0.29) is 35.6 Å². The molecule has 4 nitrogen and oxygen atoms in total. The van der Waals surface area contributed by atoms with Gasteiger partial charge in [-0.15, -0.1) is 0 Å².